The quantitative estimate of drug-likeness (QED) is 0.670. The van der Waals surface area contributed by atoms with Crippen LogP contribution in [0.5, 0.6) is 0 Å². The van der Waals surface area contributed by atoms with Gasteiger partial charge in [0.25, 0.3) is 0 Å². The van der Waals surface area contributed by atoms with Crippen LogP contribution in [0.2, 0.25) is 0 Å². The van der Waals surface area contributed by atoms with E-state index in [1.165, 1.54) is 0 Å². The average molecular weight is 231 g/mol. The summed E-state index contributed by atoms with van der Waals surface area (Å²) in [5.74, 6) is -0.360. The first-order valence-corrected chi connectivity index (χ1v) is 5.87. The van der Waals surface area contributed by atoms with Gasteiger partial charge >= 0.3 is 5.97 Å². The Morgan fingerprint density at radius 3 is 2.44 bits per heavy atom. The Labute approximate surface area is 98.4 Å². The molecule has 0 radical (unpaired) electrons. The number of rotatable bonds is 8. The van der Waals surface area contributed by atoms with Crippen LogP contribution in [0, 0.1) is 5.92 Å². The molecule has 0 aliphatic carbocycles. The first kappa shape index (κ1) is 15.4. The molecule has 96 valence electrons. The third kappa shape index (κ3) is 4.49. The van der Waals surface area contributed by atoms with Crippen LogP contribution < -0.4 is 5.32 Å². The van der Waals surface area contributed by atoms with Gasteiger partial charge in [0.2, 0.25) is 0 Å². The molecular formula is C12H25NO3. The van der Waals surface area contributed by atoms with Crippen LogP contribution >= 0.6 is 0 Å². The molecule has 0 aromatic heterocycles. The molecule has 0 amide bonds. The number of aliphatic carboxylic acids is 1. The molecule has 0 rings (SSSR count). The van der Waals surface area contributed by atoms with E-state index in [1.54, 1.807) is 14.0 Å². The summed E-state index contributed by atoms with van der Waals surface area (Å²) in [4.78, 5) is 11.3. The summed E-state index contributed by atoms with van der Waals surface area (Å²) in [5, 5.41) is 12.4. The minimum absolute atomic E-state index is 0.183. The number of hydrogen-bond donors (Lipinski definition) is 2. The van der Waals surface area contributed by atoms with Gasteiger partial charge in [-0.25, -0.2) is 0 Å². The van der Waals surface area contributed by atoms with Crippen molar-refractivity contribution in [3.05, 3.63) is 0 Å². The number of carbonyl (C=O) groups is 1. The normalized spacial score (nSPS) is 18.8. The Bertz CT molecular complexity index is 220. The highest BCUT2D eigenvalue weighted by molar-refractivity contribution is 5.78. The summed E-state index contributed by atoms with van der Waals surface area (Å²) < 4.78 is 4.95. The van der Waals surface area contributed by atoms with Gasteiger partial charge in [0.05, 0.1) is 0 Å². The Balaban J connectivity index is 4.48. The van der Waals surface area contributed by atoms with Crippen LogP contribution in [0.3, 0.4) is 0 Å². The van der Waals surface area contributed by atoms with Crippen molar-refractivity contribution < 1.29 is 14.6 Å². The number of carboxylic acids is 1. The molecule has 0 bridgehead atoms. The van der Waals surface area contributed by atoms with Gasteiger partial charge in [-0.15, -0.1) is 0 Å². The Morgan fingerprint density at radius 1 is 1.50 bits per heavy atom. The zero-order chi connectivity index (χ0) is 12.8. The second kappa shape index (κ2) is 6.86. The van der Waals surface area contributed by atoms with Crippen molar-refractivity contribution in [1.29, 1.82) is 0 Å². The zero-order valence-corrected chi connectivity index (χ0v) is 11.0. The van der Waals surface area contributed by atoms with Gasteiger partial charge in [-0.3, -0.25) is 10.1 Å². The molecule has 2 N–H and O–H groups in total. The number of carboxylic acid groups (broad SMARTS) is 1. The van der Waals surface area contributed by atoms with E-state index in [0.29, 0.717) is 18.9 Å². The monoisotopic (exact) mass is 231 g/mol. The maximum Gasteiger partial charge on any atom is 0.323 e. The highest BCUT2D eigenvalue weighted by Crippen LogP contribution is 2.16. The second-order valence-electron chi connectivity index (χ2n) is 4.70. The minimum atomic E-state index is -0.904. The number of nitrogens with one attached hydrogen (secondary N) is 1. The third-order valence-electron chi connectivity index (χ3n) is 3.32. The van der Waals surface area contributed by atoms with Crippen LogP contribution in [0.15, 0.2) is 0 Å². The summed E-state index contributed by atoms with van der Waals surface area (Å²) in [7, 11) is 1.58. The third-order valence-corrected chi connectivity index (χ3v) is 3.32. The molecule has 16 heavy (non-hydrogen) atoms. The topological polar surface area (TPSA) is 58.6 Å². The van der Waals surface area contributed by atoms with Gasteiger partial charge in [0.15, 0.2) is 0 Å². The maximum absolute atomic E-state index is 11.3. The van der Waals surface area contributed by atoms with Gasteiger partial charge in [-0.2, -0.15) is 0 Å². The van der Waals surface area contributed by atoms with Gasteiger partial charge in [-0.1, -0.05) is 20.3 Å². The van der Waals surface area contributed by atoms with Crippen molar-refractivity contribution >= 4 is 5.97 Å². The SMILES string of the molecule is CCC(C)C(C)NC(C)(CCOC)C(=O)O. The van der Waals surface area contributed by atoms with Gasteiger partial charge in [0.1, 0.15) is 5.54 Å². The van der Waals surface area contributed by atoms with E-state index in [9.17, 15) is 9.90 Å². The van der Waals surface area contributed by atoms with Gasteiger partial charge in [0, 0.05) is 19.8 Å². The molecule has 4 nitrogen and oxygen atoms in total. The molecule has 0 aromatic rings. The molecule has 3 unspecified atom stereocenters. The lowest BCUT2D eigenvalue weighted by Crippen LogP contribution is -2.55. The lowest BCUT2D eigenvalue weighted by atomic mass is 9.93. The molecule has 0 saturated carbocycles. The smallest absolute Gasteiger partial charge is 0.323 e. The van der Waals surface area contributed by atoms with Gasteiger partial charge < -0.3 is 9.84 Å². The van der Waals surface area contributed by atoms with Crippen molar-refractivity contribution in [2.75, 3.05) is 13.7 Å². The lowest BCUT2D eigenvalue weighted by Gasteiger charge is -2.32. The Morgan fingerprint density at radius 2 is 2.06 bits per heavy atom. The molecule has 0 aliphatic rings. The summed E-state index contributed by atoms with van der Waals surface area (Å²) in [5.41, 5.74) is -0.904. The number of hydrogen-bond acceptors (Lipinski definition) is 3. The number of ether oxygens (including phenoxy) is 1. The van der Waals surface area contributed by atoms with E-state index in [2.05, 4.69) is 19.2 Å². The van der Waals surface area contributed by atoms with Crippen molar-refractivity contribution in [3.63, 3.8) is 0 Å². The summed E-state index contributed by atoms with van der Waals surface area (Å²) in [6.45, 7) is 8.42. The van der Waals surface area contributed by atoms with E-state index in [0.717, 1.165) is 6.42 Å². The minimum Gasteiger partial charge on any atom is -0.480 e. The Kier molecular flexibility index (Phi) is 6.60. The van der Waals surface area contributed by atoms with E-state index in [1.807, 2.05) is 6.92 Å². The molecule has 0 heterocycles. The fourth-order valence-corrected chi connectivity index (χ4v) is 1.55. The van der Waals surface area contributed by atoms with Gasteiger partial charge in [-0.05, 0) is 26.2 Å². The molecule has 0 aliphatic heterocycles. The second-order valence-corrected chi connectivity index (χ2v) is 4.70. The Hall–Kier alpha value is -0.610. The largest absolute Gasteiger partial charge is 0.480 e. The zero-order valence-electron chi connectivity index (χ0n) is 11.0. The molecule has 0 spiro atoms. The molecule has 0 aromatic carbocycles. The van der Waals surface area contributed by atoms with E-state index < -0.39 is 11.5 Å². The summed E-state index contributed by atoms with van der Waals surface area (Å²) in [6, 6.07) is 0.183. The van der Waals surface area contributed by atoms with Crippen molar-refractivity contribution in [2.45, 2.75) is 52.1 Å². The lowest BCUT2D eigenvalue weighted by molar-refractivity contribution is -0.145. The molecule has 3 atom stereocenters. The van der Waals surface area contributed by atoms with E-state index in [-0.39, 0.29) is 6.04 Å². The maximum atomic E-state index is 11.3. The first-order chi connectivity index (χ1) is 7.37. The van der Waals surface area contributed by atoms with Crippen LogP contribution in [-0.2, 0) is 9.53 Å². The predicted molar refractivity (Wildman–Crippen MR) is 64.6 cm³/mol. The highest BCUT2D eigenvalue weighted by Gasteiger charge is 2.34. The van der Waals surface area contributed by atoms with E-state index >= 15 is 0 Å². The fourth-order valence-electron chi connectivity index (χ4n) is 1.55. The number of methoxy groups -OCH3 is 1. The molecule has 4 heteroatoms. The molecule has 0 fully saturated rings. The predicted octanol–water partition coefficient (Wildman–Crippen LogP) is 1.89. The van der Waals surface area contributed by atoms with Crippen molar-refractivity contribution in [3.8, 4) is 0 Å². The van der Waals surface area contributed by atoms with Crippen LogP contribution in [0.4, 0.5) is 0 Å². The van der Waals surface area contributed by atoms with Crippen LogP contribution in [0.25, 0.3) is 0 Å². The van der Waals surface area contributed by atoms with Crippen LogP contribution in [-0.4, -0.2) is 36.4 Å². The average Bonchev–Trinajstić information content (AvgIpc) is 2.24. The molecule has 0 saturated heterocycles. The molecular weight excluding hydrogens is 206 g/mol. The highest BCUT2D eigenvalue weighted by atomic mass is 16.5. The summed E-state index contributed by atoms with van der Waals surface area (Å²) >= 11 is 0. The van der Waals surface area contributed by atoms with Crippen LogP contribution in [0.1, 0.15) is 40.5 Å². The standard InChI is InChI=1S/C12H25NO3/c1-6-9(2)10(3)13-12(4,11(14)15)7-8-16-5/h9-10,13H,6-8H2,1-5H3,(H,14,15). The van der Waals surface area contributed by atoms with Crippen molar-refractivity contribution in [1.82, 2.24) is 5.32 Å². The summed E-state index contributed by atoms with van der Waals surface area (Å²) in [6.07, 6.45) is 1.51. The van der Waals surface area contributed by atoms with E-state index in [4.69, 9.17) is 4.74 Å². The first-order valence-electron chi connectivity index (χ1n) is 5.87. The van der Waals surface area contributed by atoms with Crippen molar-refractivity contribution in [2.24, 2.45) is 5.92 Å². The fraction of sp³-hybridized carbons (Fsp3) is 0.917.